The molecular formula is C20H29F2NO. The number of rotatable bonds is 4. The molecule has 1 aliphatic heterocycles. The molecule has 0 radical (unpaired) electrons. The van der Waals surface area contributed by atoms with E-state index in [1.165, 1.54) is 25.7 Å². The van der Waals surface area contributed by atoms with Crippen molar-refractivity contribution < 1.29 is 13.5 Å². The zero-order valence-electron chi connectivity index (χ0n) is 14.9. The standard InChI is InChI=1S/C20H29F2NO/c1-3-24-18-9-8-17(19(21)20(18)22)23-12-10-16(11-13-23)15-6-4-14(2)5-7-15/h8-9,14-16H,3-7,10-13H2,1-2H3. The molecule has 0 N–H and O–H groups in total. The van der Waals surface area contributed by atoms with Crippen molar-refractivity contribution in [1.82, 2.24) is 0 Å². The fourth-order valence-corrected chi connectivity index (χ4v) is 4.40. The first-order valence-corrected chi connectivity index (χ1v) is 9.45. The lowest BCUT2D eigenvalue weighted by atomic mass is 9.73. The molecule has 1 aromatic carbocycles. The van der Waals surface area contributed by atoms with E-state index in [0.29, 0.717) is 12.3 Å². The molecule has 0 amide bonds. The molecule has 1 aromatic rings. The van der Waals surface area contributed by atoms with Crippen LogP contribution in [0.1, 0.15) is 52.4 Å². The third-order valence-corrected chi connectivity index (χ3v) is 5.93. The molecule has 2 nitrogen and oxygen atoms in total. The molecule has 0 bridgehead atoms. The summed E-state index contributed by atoms with van der Waals surface area (Å²) >= 11 is 0. The van der Waals surface area contributed by atoms with Crippen LogP contribution in [0.25, 0.3) is 0 Å². The molecule has 134 valence electrons. The van der Waals surface area contributed by atoms with Gasteiger partial charge in [0.2, 0.25) is 5.82 Å². The molecule has 1 aliphatic carbocycles. The second-order valence-corrected chi connectivity index (χ2v) is 7.49. The van der Waals surface area contributed by atoms with Gasteiger partial charge in [0, 0.05) is 13.1 Å². The summed E-state index contributed by atoms with van der Waals surface area (Å²) in [5.74, 6) is 0.838. The average molecular weight is 337 g/mol. The van der Waals surface area contributed by atoms with Crippen LogP contribution in [-0.2, 0) is 0 Å². The van der Waals surface area contributed by atoms with Crippen LogP contribution in [0.2, 0.25) is 0 Å². The molecule has 0 spiro atoms. The van der Waals surface area contributed by atoms with Crippen molar-refractivity contribution >= 4 is 5.69 Å². The fourth-order valence-electron chi connectivity index (χ4n) is 4.40. The van der Waals surface area contributed by atoms with Gasteiger partial charge in [0.15, 0.2) is 11.6 Å². The van der Waals surface area contributed by atoms with Gasteiger partial charge in [-0.15, -0.1) is 0 Å². The maximum Gasteiger partial charge on any atom is 0.202 e. The number of ether oxygens (including phenoxy) is 1. The Kier molecular flexibility index (Phi) is 5.62. The van der Waals surface area contributed by atoms with Gasteiger partial charge in [-0.25, -0.2) is 4.39 Å². The highest BCUT2D eigenvalue weighted by atomic mass is 19.2. The SMILES string of the molecule is CCOc1ccc(N2CCC(C3CCC(C)CC3)CC2)c(F)c1F. The number of halogens is 2. The lowest BCUT2D eigenvalue weighted by Gasteiger charge is -2.39. The van der Waals surface area contributed by atoms with Crippen LogP contribution < -0.4 is 9.64 Å². The molecule has 1 heterocycles. The largest absolute Gasteiger partial charge is 0.491 e. The molecule has 0 unspecified atom stereocenters. The summed E-state index contributed by atoms with van der Waals surface area (Å²) in [5, 5.41) is 0. The van der Waals surface area contributed by atoms with Gasteiger partial charge in [-0.2, -0.15) is 4.39 Å². The predicted molar refractivity (Wildman–Crippen MR) is 93.6 cm³/mol. The second kappa shape index (κ2) is 7.71. The number of hydrogen-bond donors (Lipinski definition) is 0. The van der Waals surface area contributed by atoms with Crippen LogP contribution in [0.15, 0.2) is 12.1 Å². The van der Waals surface area contributed by atoms with Gasteiger partial charge in [-0.3, -0.25) is 0 Å². The number of piperidine rings is 1. The van der Waals surface area contributed by atoms with E-state index in [9.17, 15) is 8.78 Å². The summed E-state index contributed by atoms with van der Waals surface area (Å²) in [7, 11) is 0. The van der Waals surface area contributed by atoms with Crippen molar-refractivity contribution in [3.8, 4) is 5.75 Å². The lowest BCUT2D eigenvalue weighted by Crippen LogP contribution is -2.37. The van der Waals surface area contributed by atoms with E-state index in [2.05, 4.69) is 6.92 Å². The van der Waals surface area contributed by atoms with E-state index in [0.717, 1.165) is 43.7 Å². The van der Waals surface area contributed by atoms with E-state index >= 15 is 0 Å². The van der Waals surface area contributed by atoms with Crippen LogP contribution in [-0.4, -0.2) is 19.7 Å². The van der Waals surface area contributed by atoms with Gasteiger partial charge in [0.1, 0.15) is 0 Å². The molecule has 2 aliphatic rings. The van der Waals surface area contributed by atoms with Crippen molar-refractivity contribution in [2.75, 3.05) is 24.6 Å². The average Bonchev–Trinajstić information content (AvgIpc) is 2.60. The summed E-state index contributed by atoms with van der Waals surface area (Å²) < 4.78 is 33.6. The Bertz CT molecular complexity index is 547. The zero-order valence-corrected chi connectivity index (χ0v) is 14.9. The van der Waals surface area contributed by atoms with Crippen molar-refractivity contribution in [1.29, 1.82) is 0 Å². The van der Waals surface area contributed by atoms with E-state index in [-0.39, 0.29) is 5.75 Å². The quantitative estimate of drug-likeness (QED) is 0.729. The Hall–Kier alpha value is -1.32. The molecule has 4 heteroatoms. The number of benzene rings is 1. The normalized spacial score (nSPS) is 25.8. The van der Waals surface area contributed by atoms with E-state index in [4.69, 9.17) is 4.74 Å². The third-order valence-electron chi connectivity index (χ3n) is 5.93. The maximum absolute atomic E-state index is 14.4. The minimum absolute atomic E-state index is 0.00459. The molecule has 0 aromatic heterocycles. The summed E-state index contributed by atoms with van der Waals surface area (Å²) in [6.07, 6.45) is 7.57. The van der Waals surface area contributed by atoms with Crippen molar-refractivity contribution in [3.63, 3.8) is 0 Å². The molecule has 0 atom stereocenters. The smallest absolute Gasteiger partial charge is 0.202 e. The molecule has 24 heavy (non-hydrogen) atoms. The van der Waals surface area contributed by atoms with Gasteiger partial charge < -0.3 is 9.64 Å². The highest BCUT2D eigenvalue weighted by Gasteiger charge is 2.30. The van der Waals surface area contributed by atoms with E-state index < -0.39 is 11.6 Å². The van der Waals surface area contributed by atoms with Gasteiger partial charge in [0.05, 0.1) is 12.3 Å². The highest BCUT2D eigenvalue weighted by Crippen LogP contribution is 2.39. The molecule has 3 rings (SSSR count). The summed E-state index contributed by atoms with van der Waals surface area (Å²) in [5.41, 5.74) is 0.381. The van der Waals surface area contributed by atoms with Crippen molar-refractivity contribution in [3.05, 3.63) is 23.8 Å². The van der Waals surface area contributed by atoms with Gasteiger partial charge in [0.25, 0.3) is 0 Å². The minimum Gasteiger partial charge on any atom is -0.491 e. The first kappa shape index (κ1) is 17.5. The van der Waals surface area contributed by atoms with Crippen LogP contribution in [0.3, 0.4) is 0 Å². The Morgan fingerprint density at radius 1 is 0.958 bits per heavy atom. The van der Waals surface area contributed by atoms with Gasteiger partial charge in [-0.1, -0.05) is 19.8 Å². The Morgan fingerprint density at radius 3 is 2.21 bits per heavy atom. The second-order valence-electron chi connectivity index (χ2n) is 7.49. The summed E-state index contributed by atoms with van der Waals surface area (Å²) in [6, 6.07) is 3.21. The summed E-state index contributed by atoms with van der Waals surface area (Å²) in [4.78, 5) is 2.00. The fraction of sp³-hybridized carbons (Fsp3) is 0.700. The zero-order chi connectivity index (χ0) is 17.1. The number of hydrogen-bond acceptors (Lipinski definition) is 2. The first-order chi connectivity index (χ1) is 11.6. The molecule has 1 saturated carbocycles. The summed E-state index contributed by atoms with van der Waals surface area (Å²) in [6.45, 7) is 6.09. The van der Waals surface area contributed by atoms with Crippen LogP contribution >= 0.6 is 0 Å². The number of nitrogens with zero attached hydrogens (tertiary/aromatic N) is 1. The van der Waals surface area contributed by atoms with Crippen LogP contribution in [0, 0.1) is 29.4 Å². The highest BCUT2D eigenvalue weighted by molar-refractivity contribution is 5.51. The molecular weight excluding hydrogens is 308 g/mol. The maximum atomic E-state index is 14.4. The Balaban J connectivity index is 1.61. The molecule has 2 fully saturated rings. The third kappa shape index (κ3) is 3.68. The first-order valence-electron chi connectivity index (χ1n) is 9.45. The minimum atomic E-state index is -0.863. The molecule has 1 saturated heterocycles. The number of anilines is 1. The Labute approximate surface area is 144 Å². The van der Waals surface area contributed by atoms with Gasteiger partial charge >= 0.3 is 0 Å². The van der Waals surface area contributed by atoms with Gasteiger partial charge in [-0.05, 0) is 62.5 Å². The Morgan fingerprint density at radius 2 is 1.58 bits per heavy atom. The van der Waals surface area contributed by atoms with Crippen molar-refractivity contribution in [2.24, 2.45) is 17.8 Å². The van der Waals surface area contributed by atoms with Crippen LogP contribution in [0.5, 0.6) is 5.75 Å². The topological polar surface area (TPSA) is 12.5 Å². The van der Waals surface area contributed by atoms with E-state index in [1.807, 2.05) is 4.90 Å². The van der Waals surface area contributed by atoms with Crippen LogP contribution in [0.4, 0.5) is 14.5 Å². The predicted octanol–water partition coefficient (Wildman–Crippen LogP) is 5.41. The van der Waals surface area contributed by atoms with Crippen molar-refractivity contribution in [2.45, 2.75) is 52.4 Å². The monoisotopic (exact) mass is 337 g/mol. The van der Waals surface area contributed by atoms with E-state index in [1.54, 1.807) is 19.1 Å². The lowest BCUT2D eigenvalue weighted by molar-refractivity contribution is 0.186.